The van der Waals surface area contributed by atoms with Crippen LogP contribution in [-0.4, -0.2) is 8.76 Å². The molecule has 0 saturated heterocycles. The van der Waals surface area contributed by atoms with Gasteiger partial charge < -0.3 is 4.42 Å². The van der Waals surface area contributed by atoms with Gasteiger partial charge in [-0.05, 0) is 36.4 Å². The first-order chi connectivity index (χ1) is 11.2. The van der Waals surface area contributed by atoms with Crippen LogP contribution >= 0.6 is 0 Å². The lowest BCUT2D eigenvalue weighted by atomic mass is 10.1. The summed E-state index contributed by atoms with van der Waals surface area (Å²) in [6.45, 7) is 0. The first-order valence-corrected chi connectivity index (χ1v) is 8.18. The van der Waals surface area contributed by atoms with Crippen molar-refractivity contribution >= 4 is 44.6 Å². The minimum atomic E-state index is -2.17. The third kappa shape index (κ3) is 2.40. The summed E-state index contributed by atoms with van der Waals surface area (Å²) in [5.74, 6) is 0. The van der Waals surface area contributed by atoms with Gasteiger partial charge in [-0.3, -0.25) is 4.55 Å². The van der Waals surface area contributed by atoms with Gasteiger partial charge in [0.2, 0.25) is 0 Å². The van der Waals surface area contributed by atoms with Crippen LogP contribution in [0.25, 0.3) is 21.9 Å². The molecule has 4 aromatic rings. The molecule has 0 aliphatic heterocycles. The molecule has 0 fully saturated rings. The van der Waals surface area contributed by atoms with Gasteiger partial charge in [-0.15, -0.1) is 0 Å². The van der Waals surface area contributed by atoms with E-state index in [1.165, 1.54) is 4.31 Å². The molecule has 114 valence electrons. The first-order valence-electron chi connectivity index (χ1n) is 7.11. The van der Waals surface area contributed by atoms with Crippen LogP contribution in [0, 0.1) is 0 Å². The second-order valence-corrected chi connectivity index (χ2v) is 5.97. The molecule has 4 rings (SSSR count). The Balaban J connectivity index is 1.93. The predicted octanol–water partition coefficient (Wildman–Crippen LogP) is 4.86. The number of fused-ring (bicyclic) bond motifs is 3. The lowest BCUT2D eigenvalue weighted by molar-refractivity contribution is 0.564. The number of hydrogen-bond donors (Lipinski definition) is 1. The molecule has 0 saturated carbocycles. The topological polar surface area (TPSA) is 53.7 Å². The highest BCUT2D eigenvalue weighted by Gasteiger charge is 2.16. The number of benzene rings is 3. The van der Waals surface area contributed by atoms with Crippen LogP contribution in [0.1, 0.15) is 0 Å². The van der Waals surface area contributed by atoms with E-state index in [-0.39, 0.29) is 0 Å². The molecule has 4 nitrogen and oxygen atoms in total. The Morgan fingerprint density at radius 3 is 2.26 bits per heavy atom. The zero-order chi connectivity index (χ0) is 15.8. The van der Waals surface area contributed by atoms with E-state index in [9.17, 15) is 8.76 Å². The van der Waals surface area contributed by atoms with E-state index in [2.05, 4.69) is 0 Å². The van der Waals surface area contributed by atoms with Crippen molar-refractivity contribution < 1.29 is 13.2 Å². The molecular formula is C18H13NO3S. The zero-order valence-electron chi connectivity index (χ0n) is 12.0. The minimum Gasteiger partial charge on any atom is -0.456 e. The van der Waals surface area contributed by atoms with Gasteiger partial charge in [0.25, 0.3) is 11.3 Å². The van der Waals surface area contributed by atoms with Gasteiger partial charge in [-0.2, -0.15) is 0 Å². The Hall–Kier alpha value is -2.63. The fourth-order valence-electron chi connectivity index (χ4n) is 2.73. The molecule has 0 bridgehead atoms. The van der Waals surface area contributed by atoms with E-state index in [0.717, 1.165) is 21.9 Å². The smallest absolute Gasteiger partial charge is 0.266 e. The van der Waals surface area contributed by atoms with Crippen molar-refractivity contribution in [2.45, 2.75) is 0 Å². The Labute approximate surface area is 135 Å². The molecular weight excluding hydrogens is 310 g/mol. The van der Waals surface area contributed by atoms with Crippen molar-refractivity contribution in [3.63, 3.8) is 0 Å². The van der Waals surface area contributed by atoms with Gasteiger partial charge in [0.1, 0.15) is 11.2 Å². The summed E-state index contributed by atoms with van der Waals surface area (Å²) in [5.41, 5.74) is 2.85. The van der Waals surface area contributed by atoms with Crippen molar-refractivity contribution in [3.05, 3.63) is 72.8 Å². The third-order valence-corrected chi connectivity index (χ3v) is 4.48. The Morgan fingerprint density at radius 1 is 0.783 bits per heavy atom. The van der Waals surface area contributed by atoms with Gasteiger partial charge >= 0.3 is 0 Å². The van der Waals surface area contributed by atoms with E-state index in [1.54, 1.807) is 18.2 Å². The van der Waals surface area contributed by atoms with E-state index in [1.807, 2.05) is 54.6 Å². The van der Waals surface area contributed by atoms with E-state index in [0.29, 0.717) is 11.4 Å². The molecule has 1 aromatic heterocycles. The van der Waals surface area contributed by atoms with Crippen molar-refractivity contribution in [3.8, 4) is 0 Å². The second kappa shape index (κ2) is 5.53. The molecule has 3 aromatic carbocycles. The molecule has 0 aliphatic carbocycles. The molecule has 0 amide bonds. The highest BCUT2D eigenvalue weighted by Crippen LogP contribution is 2.34. The summed E-state index contributed by atoms with van der Waals surface area (Å²) >= 11 is -2.17. The molecule has 0 aliphatic rings. The molecule has 0 radical (unpaired) electrons. The van der Waals surface area contributed by atoms with Crippen LogP contribution in [0.2, 0.25) is 0 Å². The minimum absolute atomic E-state index is 0.635. The summed E-state index contributed by atoms with van der Waals surface area (Å²) in [6.07, 6.45) is 0. The average Bonchev–Trinajstić information content (AvgIpc) is 2.94. The first kappa shape index (κ1) is 14.0. The van der Waals surface area contributed by atoms with Crippen LogP contribution in [0.5, 0.6) is 0 Å². The highest BCUT2D eigenvalue weighted by molar-refractivity contribution is 7.81. The SMILES string of the molecule is O=S(O)N(c1ccccc1)c1ccc2oc3ccccc3c2c1. The van der Waals surface area contributed by atoms with Crippen molar-refractivity contribution in [1.29, 1.82) is 0 Å². The summed E-state index contributed by atoms with van der Waals surface area (Å²) in [5, 5.41) is 1.91. The quantitative estimate of drug-likeness (QED) is 0.548. The number of furan rings is 1. The maximum Gasteiger partial charge on any atom is 0.266 e. The van der Waals surface area contributed by atoms with Crippen LogP contribution in [0.3, 0.4) is 0 Å². The second-order valence-electron chi connectivity index (χ2n) is 5.14. The van der Waals surface area contributed by atoms with Crippen LogP contribution in [0.4, 0.5) is 11.4 Å². The molecule has 1 N–H and O–H groups in total. The average molecular weight is 323 g/mol. The largest absolute Gasteiger partial charge is 0.456 e. The van der Waals surface area contributed by atoms with Crippen molar-refractivity contribution in [2.24, 2.45) is 0 Å². The maximum atomic E-state index is 11.9. The van der Waals surface area contributed by atoms with E-state index < -0.39 is 11.3 Å². The molecule has 1 atom stereocenters. The highest BCUT2D eigenvalue weighted by atomic mass is 32.2. The van der Waals surface area contributed by atoms with Crippen LogP contribution < -0.4 is 4.31 Å². The fourth-order valence-corrected chi connectivity index (χ4v) is 3.33. The van der Waals surface area contributed by atoms with Gasteiger partial charge in [0.15, 0.2) is 0 Å². The molecule has 23 heavy (non-hydrogen) atoms. The number of nitrogens with zero attached hydrogens (tertiary/aromatic N) is 1. The number of para-hydroxylation sites is 2. The maximum absolute atomic E-state index is 11.9. The van der Waals surface area contributed by atoms with Gasteiger partial charge in [0, 0.05) is 10.8 Å². The number of hydrogen-bond acceptors (Lipinski definition) is 2. The molecule has 1 unspecified atom stereocenters. The van der Waals surface area contributed by atoms with Gasteiger partial charge in [-0.25, -0.2) is 8.51 Å². The lowest BCUT2D eigenvalue weighted by Gasteiger charge is -2.19. The summed E-state index contributed by atoms with van der Waals surface area (Å²) in [7, 11) is 0. The van der Waals surface area contributed by atoms with E-state index in [4.69, 9.17) is 4.42 Å². The standard InChI is InChI=1S/C18H13NO3S/c20-23(21)19(13-6-2-1-3-7-13)14-10-11-18-16(12-14)15-8-4-5-9-17(15)22-18/h1-12H,(H,20,21). The predicted molar refractivity (Wildman–Crippen MR) is 93.1 cm³/mol. The van der Waals surface area contributed by atoms with Gasteiger partial charge in [0.05, 0.1) is 11.4 Å². The summed E-state index contributed by atoms with van der Waals surface area (Å²) in [4.78, 5) is 0. The number of anilines is 2. The summed E-state index contributed by atoms with van der Waals surface area (Å²) < 4.78 is 28.8. The number of rotatable bonds is 3. The third-order valence-electron chi connectivity index (χ3n) is 3.74. The zero-order valence-corrected chi connectivity index (χ0v) is 12.9. The molecule has 5 heteroatoms. The fraction of sp³-hybridized carbons (Fsp3) is 0. The summed E-state index contributed by atoms with van der Waals surface area (Å²) in [6, 6.07) is 22.4. The Kier molecular flexibility index (Phi) is 3.37. The van der Waals surface area contributed by atoms with Crippen molar-refractivity contribution in [1.82, 2.24) is 0 Å². The molecule has 1 heterocycles. The lowest BCUT2D eigenvalue weighted by Crippen LogP contribution is -2.18. The Bertz CT molecular complexity index is 1010. The van der Waals surface area contributed by atoms with Crippen molar-refractivity contribution in [2.75, 3.05) is 4.31 Å². The van der Waals surface area contributed by atoms with E-state index >= 15 is 0 Å². The molecule has 0 spiro atoms. The monoisotopic (exact) mass is 323 g/mol. The normalized spacial score (nSPS) is 12.6. The van der Waals surface area contributed by atoms with Crippen LogP contribution in [0.15, 0.2) is 77.2 Å². The van der Waals surface area contributed by atoms with Gasteiger partial charge in [-0.1, -0.05) is 36.4 Å². The Morgan fingerprint density at radius 2 is 1.48 bits per heavy atom. The van der Waals surface area contributed by atoms with Crippen LogP contribution in [-0.2, 0) is 11.3 Å².